The monoisotopic (exact) mass is 264 g/mol. The Balaban J connectivity index is 0. The van der Waals surface area contributed by atoms with Gasteiger partial charge in [-0.15, -0.1) is 0 Å². The average molecular weight is 264 g/mol. The van der Waals surface area contributed by atoms with Crippen molar-refractivity contribution in [3.05, 3.63) is 0 Å². The molecule has 0 aromatic rings. The molecule has 0 aromatic carbocycles. The van der Waals surface area contributed by atoms with Gasteiger partial charge in [-0.3, -0.25) is 0 Å². The van der Waals surface area contributed by atoms with E-state index in [0.29, 0.717) is 13.2 Å². The van der Waals surface area contributed by atoms with Crippen LogP contribution in [0.25, 0.3) is 0 Å². The number of hydrogen-bond donors (Lipinski definition) is 2. The summed E-state index contributed by atoms with van der Waals surface area (Å²) in [4.78, 5) is 0. The minimum absolute atomic E-state index is 0.0278. The lowest BCUT2D eigenvalue weighted by Gasteiger charge is -2.13. The molecule has 2 N–H and O–H groups in total. The van der Waals surface area contributed by atoms with E-state index in [0.717, 1.165) is 19.1 Å². The third-order valence-corrected chi connectivity index (χ3v) is 2.57. The van der Waals surface area contributed by atoms with Crippen LogP contribution >= 0.6 is 0 Å². The Morgan fingerprint density at radius 3 is 1.94 bits per heavy atom. The highest BCUT2D eigenvalue weighted by Crippen LogP contribution is 2.12. The van der Waals surface area contributed by atoms with Crippen molar-refractivity contribution in [2.45, 2.75) is 46.5 Å². The molecule has 0 bridgehead atoms. The first kappa shape index (κ1) is 20.2. The first-order valence-electron chi connectivity index (χ1n) is 7.13. The molecular formula is C14H32O4. The van der Waals surface area contributed by atoms with Crippen molar-refractivity contribution in [1.82, 2.24) is 0 Å². The zero-order valence-corrected chi connectivity index (χ0v) is 12.4. The molecule has 4 nitrogen and oxygen atoms in total. The van der Waals surface area contributed by atoms with Gasteiger partial charge in [0.1, 0.15) is 0 Å². The number of aliphatic hydroxyl groups is 2. The highest BCUT2D eigenvalue weighted by Gasteiger charge is 2.04. The van der Waals surface area contributed by atoms with Crippen LogP contribution in [0.3, 0.4) is 0 Å². The van der Waals surface area contributed by atoms with Crippen molar-refractivity contribution in [3.8, 4) is 0 Å². The van der Waals surface area contributed by atoms with E-state index in [4.69, 9.17) is 14.9 Å². The SMILES string of the molecule is CCCCC(CC)COCC.OCCOCCO. The quantitative estimate of drug-likeness (QED) is 0.562. The third kappa shape index (κ3) is 18.2. The molecule has 0 amide bonds. The van der Waals surface area contributed by atoms with Crippen molar-refractivity contribution in [2.75, 3.05) is 39.6 Å². The summed E-state index contributed by atoms with van der Waals surface area (Å²) in [7, 11) is 0. The molecule has 112 valence electrons. The summed E-state index contributed by atoms with van der Waals surface area (Å²) < 4.78 is 10.0. The summed E-state index contributed by atoms with van der Waals surface area (Å²) in [5.74, 6) is 0.801. The van der Waals surface area contributed by atoms with Gasteiger partial charge in [-0.1, -0.05) is 33.1 Å². The molecule has 0 heterocycles. The Morgan fingerprint density at radius 1 is 0.944 bits per heavy atom. The molecule has 0 aromatic heterocycles. The Labute approximate surface area is 112 Å². The molecule has 4 heteroatoms. The highest BCUT2D eigenvalue weighted by molar-refractivity contribution is 4.55. The van der Waals surface area contributed by atoms with Crippen LogP contribution in [0.5, 0.6) is 0 Å². The standard InChI is InChI=1S/C10H22O.C4H10O3/c1-4-7-8-10(5-2)9-11-6-3;5-1-3-7-4-2-6/h10H,4-9H2,1-3H3;5-6H,1-4H2. The van der Waals surface area contributed by atoms with Gasteiger partial charge in [-0.05, 0) is 19.3 Å². The van der Waals surface area contributed by atoms with Gasteiger partial charge in [0.25, 0.3) is 0 Å². The molecule has 0 aliphatic heterocycles. The van der Waals surface area contributed by atoms with Crippen LogP contribution in [0, 0.1) is 5.92 Å². The molecular weight excluding hydrogens is 232 g/mol. The van der Waals surface area contributed by atoms with E-state index in [1.807, 2.05) is 0 Å². The van der Waals surface area contributed by atoms with Gasteiger partial charge in [0.15, 0.2) is 0 Å². The van der Waals surface area contributed by atoms with E-state index in [9.17, 15) is 0 Å². The number of rotatable bonds is 11. The van der Waals surface area contributed by atoms with Crippen LogP contribution in [0.15, 0.2) is 0 Å². The van der Waals surface area contributed by atoms with Crippen molar-refractivity contribution in [2.24, 2.45) is 5.92 Å². The fourth-order valence-corrected chi connectivity index (χ4v) is 1.41. The Bertz CT molecular complexity index is 119. The summed E-state index contributed by atoms with van der Waals surface area (Å²) >= 11 is 0. The van der Waals surface area contributed by atoms with Crippen LogP contribution in [0.1, 0.15) is 46.5 Å². The highest BCUT2D eigenvalue weighted by atomic mass is 16.5. The van der Waals surface area contributed by atoms with Gasteiger partial charge in [0.05, 0.1) is 26.4 Å². The van der Waals surface area contributed by atoms with E-state index >= 15 is 0 Å². The molecule has 0 radical (unpaired) electrons. The molecule has 0 aliphatic rings. The second-order valence-corrected chi connectivity index (χ2v) is 4.14. The summed E-state index contributed by atoms with van der Waals surface area (Å²) in [5.41, 5.74) is 0. The van der Waals surface area contributed by atoms with Crippen LogP contribution in [0.2, 0.25) is 0 Å². The van der Waals surface area contributed by atoms with E-state index in [-0.39, 0.29) is 13.2 Å². The van der Waals surface area contributed by atoms with Gasteiger partial charge in [0.2, 0.25) is 0 Å². The molecule has 0 rings (SSSR count). The smallest absolute Gasteiger partial charge is 0.0698 e. The first-order chi connectivity index (χ1) is 8.76. The largest absolute Gasteiger partial charge is 0.394 e. The number of hydrogen-bond acceptors (Lipinski definition) is 4. The summed E-state index contributed by atoms with van der Waals surface area (Å²) in [5, 5.41) is 16.2. The fourth-order valence-electron chi connectivity index (χ4n) is 1.41. The van der Waals surface area contributed by atoms with Crippen molar-refractivity contribution < 1.29 is 19.7 Å². The number of ether oxygens (including phenoxy) is 2. The van der Waals surface area contributed by atoms with Crippen molar-refractivity contribution in [3.63, 3.8) is 0 Å². The fraction of sp³-hybridized carbons (Fsp3) is 1.00. The summed E-state index contributed by atoms with van der Waals surface area (Å²) in [6.07, 6.45) is 5.27. The Kier molecular flexibility index (Phi) is 21.5. The zero-order valence-electron chi connectivity index (χ0n) is 12.4. The Hall–Kier alpha value is -0.160. The molecule has 0 aliphatic carbocycles. The van der Waals surface area contributed by atoms with E-state index in [2.05, 4.69) is 25.5 Å². The predicted molar refractivity (Wildman–Crippen MR) is 74.8 cm³/mol. The van der Waals surface area contributed by atoms with Gasteiger partial charge < -0.3 is 19.7 Å². The summed E-state index contributed by atoms with van der Waals surface area (Å²) in [6.45, 7) is 9.08. The zero-order chi connectivity index (χ0) is 14.1. The minimum atomic E-state index is 0.0278. The van der Waals surface area contributed by atoms with E-state index in [1.165, 1.54) is 25.7 Å². The lowest BCUT2D eigenvalue weighted by Crippen LogP contribution is -2.08. The topological polar surface area (TPSA) is 58.9 Å². The first-order valence-corrected chi connectivity index (χ1v) is 7.13. The van der Waals surface area contributed by atoms with Gasteiger partial charge >= 0.3 is 0 Å². The lowest BCUT2D eigenvalue weighted by atomic mass is 10.0. The molecule has 18 heavy (non-hydrogen) atoms. The maximum Gasteiger partial charge on any atom is 0.0698 e. The molecule has 0 saturated heterocycles. The van der Waals surface area contributed by atoms with E-state index in [1.54, 1.807) is 0 Å². The van der Waals surface area contributed by atoms with Crippen LogP contribution in [-0.2, 0) is 9.47 Å². The second kappa shape index (κ2) is 19.2. The lowest BCUT2D eigenvalue weighted by molar-refractivity contribution is 0.0650. The molecule has 1 unspecified atom stereocenters. The summed E-state index contributed by atoms with van der Waals surface area (Å²) in [6, 6.07) is 0. The molecule has 1 atom stereocenters. The normalized spacial score (nSPS) is 11.8. The van der Waals surface area contributed by atoms with Crippen molar-refractivity contribution in [1.29, 1.82) is 0 Å². The number of aliphatic hydroxyl groups excluding tert-OH is 2. The van der Waals surface area contributed by atoms with Gasteiger partial charge in [-0.2, -0.15) is 0 Å². The number of unbranched alkanes of at least 4 members (excludes halogenated alkanes) is 1. The van der Waals surface area contributed by atoms with E-state index < -0.39 is 0 Å². The van der Waals surface area contributed by atoms with Crippen LogP contribution in [-0.4, -0.2) is 49.9 Å². The van der Waals surface area contributed by atoms with Crippen molar-refractivity contribution >= 4 is 0 Å². The Morgan fingerprint density at radius 2 is 1.56 bits per heavy atom. The maximum absolute atomic E-state index is 8.09. The third-order valence-electron chi connectivity index (χ3n) is 2.57. The minimum Gasteiger partial charge on any atom is -0.394 e. The second-order valence-electron chi connectivity index (χ2n) is 4.14. The van der Waals surface area contributed by atoms with Crippen LogP contribution < -0.4 is 0 Å². The predicted octanol–water partition coefficient (Wildman–Crippen LogP) is 2.23. The molecule has 0 saturated carbocycles. The van der Waals surface area contributed by atoms with Crippen LogP contribution in [0.4, 0.5) is 0 Å². The molecule has 0 spiro atoms. The van der Waals surface area contributed by atoms with Gasteiger partial charge in [0, 0.05) is 13.2 Å². The average Bonchev–Trinajstić information content (AvgIpc) is 2.40. The van der Waals surface area contributed by atoms with Gasteiger partial charge in [-0.25, -0.2) is 0 Å². The maximum atomic E-state index is 8.09. The molecule has 0 fully saturated rings.